The molecule has 0 bridgehead atoms. The van der Waals surface area contributed by atoms with Gasteiger partial charge in [-0.2, -0.15) is 4.98 Å². The van der Waals surface area contributed by atoms with E-state index in [0.717, 1.165) is 36.7 Å². The molecule has 0 saturated carbocycles. The van der Waals surface area contributed by atoms with Crippen molar-refractivity contribution in [1.82, 2.24) is 30.0 Å². The van der Waals surface area contributed by atoms with Crippen molar-refractivity contribution in [1.29, 1.82) is 0 Å². The predicted molar refractivity (Wildman–Crippen MR) is 82.1 cm³/mol. The number of hydrogen-bond acceptors (Lipinski definition) is 7. The number of fused-ring (bicyclic) bond motifs is 1. The molecule has 0 amide bonds. The van der Waals surface area contributed by atoms with Gasteiger partial charge in [-0.3, -0.25) is 9.88 Å². The molecule has 0 spiro atoms. The first-order chi connectivity index (χ1) is 11.3. The Morgan fingerprint density at radius 3 is 3.04 bits per heavy atom. The minimum absolute atomic E-state index is 0.524. The Morgan fingerprint density at radius 2 is 2.17 bits per heavy atom. The summed E-state index contributed by atoms with van der Waals surface area (Å²) >= 11 is 0. The molecule has 0 fully saturated rings. The maximum atomic E-state index is 5.36. The second-order valence-corrected chi connectivity index (χ2v) is 5.58. The van der Waals surface area contributed by atoms with Gasteiger partial charge in [0.25, 0.3) is 0 Å². The lowest BCUT2D eigenvalue weighted by Crippen LogP contribution is -2.31. The predicted octanol–water partition coefficient (Wildman–Crippen LogP) is 1.79. The second kappa shape index (κ2) is 5.85. The lowest BCUT2D eigenvalue weighted by molar-refractivity contribution is 0.207. The third-order valence-electron chi connectivity index (χ3n) is 3.87. The molecule has 1 aliphatic rings. The molecule has 0 atom stereocenters. The van der Waals surface area contributed by atoms with Gasteiger partial charge in [0.1, 0.15) is 11.5 Å². The van der Waals surface area contributed by atoms with Gasteiger partial charge >= 0.3 is 0 Å². The van der Waals surface area contributed by atoms with E-state index in [1.165, 1.54) is 5.56 Å². The molecule has 7 heteroatoms. The van der Waals surface area contributed by atoms with Crippen molar-refractivity contribution >= 4 is 0 Å². The normalized spacial score (nSPS) is 14.7. The van der Waals surface area contributed by atoms with Gasteiger partial charge in [0.15, 0.2) is 0 Å². The van der Waals surface area contributed by atoms with Crippen LogP contribution in [0.5, 0.6) is 0 Å². The van der Waals surface area contributed by atoms with Crippen LogP contribution in [0, 0.1) is 6.92 Å². The van der Waals surface area contributed by atoms with Crippen LogP contribution in [0.3, 0.4) is 0 Å². The van der Waals surface area contributed by atoms with Gasteiger partial charge in [0.2, 0.25) is 11.7 Å². The molecule has 0 radical (unpaired) electrons. The van der Waals surface area contributed by atoms with Crippen molar-refractivity contribution in [3.05, 3.63) is 53.6 Å². The van der Waals surface area contributed by atoms with Crippen molar-refractivity contribution < 1.29 is 4.52 Å². The summed E-state index contributed by atoms with van der Waals surface area (Å²) in [6.45, 7) is 4.24. The van der Waals surface area contributed by atoms with Crippen molar-refractivity contribution in [3.63, 3.8) is 0 Å². The maximum Gasteiger partial charge on any atom is 0.241 e. The molecule has 0 N–H and O–H groups in total. The molecule has 0 aliphatic carbocycles. The molecule has 3 aromatic heterocycles. The minimum atomic E-state index is 0.524. The van der Waals surface area contributed by atoms with E-state index in [9.17, 15) is 0 Å². The Morgan fingerprint density at radius 1 is 1.22 bits per heavy atom. The summed E-state index contributed by atoms with van der Waals surface area (Å²) in [5.74, 6) is 1.93. The van der Waals surface area contributed by atoms with Crippen LogP contribution in [0.4, 0.5) is 0 Å². The maximum absolute atomic E-state index is 5.36. The molecule has 4 heterocycles. The van der Waals surface area contributed by atoms with Gasteiger partial charge in [0, 0.05) is 25.5 Å². The minimum Gasteiger partial charge on any atom is -0.337 e. The van der Waals surface area contributed by atoms with Crippen LogP contribution in [0.1, 0.15) is 23.0 Å². The van der Waals surface area contributed by atoms with E-state index < -0.39 is 0 Å². The first-order valence-corrected chi connectivity index (χ1v) is 7.56. The van der Waals surface area contributed by atoms with E-state index in [1.807, 2.05) is 31.3 Å². The Balaban J connectivity index is 1.48. The first kappa shape index (κ1) is 14.0. The lowest BCUT2D eigenvalue weighted by Gasteiger charge is -2.26. The average molecular weight is 308 g/mol. The summed E-state index contributed by atoms with van der Waals surface area (Å²) in [4.78, 5) is 19.7. The Hall–Kier alpha value is -2.67. The van der Waals surface area contributed by atoms with E-state index in [2.05, 4.69) is 30.0 Å². The summed E-state index contributed by atoms with van der Waals surface area (Å²) in [5.41, 5.74) is 3.04. The molecule has 0 aromatic carbocycles. The number of pyridine rings is 1. The third kappa shape index (κ3) is 2.95. The van der Waals surface area contributed by atoms with Gasteiger partial charge in [-0.05, 0) is 31.0 Å². The molecule has 3 aromatic rings. The van der Waals surface area contributed by atoms with Crippen LogP contribution in [-0.4, -0.2) is 36.5 Å². The Kier molecular flexibility index (Phi) is 3.55. The smallest absolute Gasteiger partial charge is 0.241 e. The molecular weight excluding hydrogens is 292 g/mol. The zero-order valence-electron chi connectivity index (χ0n) is 12.8. The molecule has 0 saturated heterocycles. The zero-order chi connectivity index (χ0) is 15.6. The highest BCUT2D eigenvalue weighted by molar-refractivity contribution is 5.46. The lowest BCUT2D eigenvalue weighted by atomic mass is 10.1. The van der Waals surface area contributed by atoms with Gasteiger partial charge in [-0.25, -0.2) is 9.97 Å². The quantitative estimate of drug-likeness (QED) is 0.729. The number of hydrogen-bond donors (Lipinski definition) is 0. The number of nitrogens with zero attached hydrogens (tertiary/aromatic N) is 6. The van der Waals surface area contributed by atoms with E-state index in [4.69, 9.17) is 4.52 Å². The van der Waals surface area contributed by atoms with Crippen LogP contribution in [0.2, 0.25) is 0 Å². The van der Waals surface area contributed by atoms with E-state index in [0.29, 0.717) is 18.3 Å². The van der Waals surface area contributed by atoms with Gasteiger partial charge in [0.05, 0.1) is 12.2 Å². The Labute approximate surface area is 133 Å². The fourth-order valence-electron chi connectivity index (χ4n) is 2.70. The van der Waals surface area contributed by atoms with E-state index >= 15 is 0 Å². The van der Waals surface area contributed by atoms with E-state index in [-0.39, 0.29) is 0 Å². The molecule has 116 valence electrons. The highest BCUT2D eigenvalue weighted by Gasteiger charge is 2.20. The second-order valence-electron chi connectivity index (χ2n) is 5.58. The molecule has 23 heavy (non-hydrogen) atoms. The van der Waals surface area contributed by atoms with Crippen molar-refractivity contribution in [2.45, 2.75) is 26.4 Å². The fourth-order valence-corrected chi connectivity index (χ4v) is 2.70. The summed E-state index contributed by atoms with van der Waals surface area (Å²) in [6.07, 6.45) is 4.59. The monoisotopic (exact) mass is 308 g/mol. The van der Waals surface area contributed by atoms with Gasteiger partial charge in [-0.1, -0.05) is 11.2 Å². The third-order valence-corrected chi connectivity index (χ3v) is 3.87. The Bertz CT molecular complexity index is 816. The summed E-state index contributed by atoms with van der Waals surface area (Å²) in [6, 6.07) is 5.63. The number of aryl methyl sites for hydroxylation is 1. The number of aromatic nitrogens is 5. The van der Waals surface area contributed by atoms with Crippen molar-refractivity contribution in [3.8, 4) is 11.5 Å². The molecule has 7 nitrogen and oxygen atoms in total. The summed E-state index contributed by atoms with van der Waals surface area (Å²) in [5, 5.41) is 4.01. The zero-order valence-corrected chi connectivity index (χ0v) is 12.8. The highest BCUT2D eigenvalue weighted by atomic mass is 16.5. The molecular formula is C16H16N6O. The van der Waals surface area contributed by atoms with Crippen LogP contribution >= 0.6 is 0 Å². The van der Waals surface area contributed by atoms with Crippen molar-refractivity contribution in [2.75, 3.05) is 6.54 Å². The SMILES string of the molecule is Cc1ncc2c(n1)CN(Cc1nc(-c3ccccn3)no1)CC2. The topological polar surface area (TPSA) is 80.8 Å². The van der Waals surface area contributed by atoms with E-state index in [1.54, 1.807) is 6.20 Å². The molecule has 4 rings (SSSR count). The average Bonchev–Trinajstić information content (AvgIpc) is 3.04. The van der Waals surface area contributed by atoms with Crippen LogP contribution in [-0.2, 0) is 19.5 Å². The summed E-state index contributed by atoms with van der Waals surface area (Å²) in [7, 11) is 0. The largest absolute Gasteiger partial charge is 0.337 e. The standard InChI is InChI=1S/C16H16N6O/c1-11-18-8-12-5-7-22(9-14(12)19-11)10-15-20-16(21-23-15)13-4-2-3-6-17-13/h2-4,6,8H,5,7,9-10H2,1H3. The van der Waals surface area contributed by atoms with Crippen LogP contribution in [0.25, 0.3) is 11.5 Å². The molecule has 1 aliphatic heterocycles. The summed E-state index contributed by atoms with van der Waals surface area (Å²) < 4.78 is 5.36. The van der Waals surface area contributed by atoms with Gasteiger partial charge < -0.3 is 4.52 Å². The van der Waals surface area contributed by atoms with Crippen molar-refractivity contribution in [2.24, 2.45) is 0 Å². The molecule has 0 unspecified atom stereocenters. The van der Waals surface area contributed by atoms with Crippen LogP contribution in [0.15, 0.2) is 35.1 Å². The van der Waals surface area contributed by atoms with Crippen LogP contribution < -0.4 is 0 Å². The highest BCUT2D eigenvalue weighted by Crippen LogP contribution is 2.19. The van der Waals surface area contributed by atoms with Gasteiger partial charge in [-0.15, -0.1) is 0 Å². The fraction of sp³-hybridized carbons (Fsp3) is 0.312. The first-order valence-electron chi connectivity index (χ1n) is 7.56. The number of rotatable bonds is 3.